The number of rotatable bonds is 6. The molecule has 0 radical (unpaired) electrons. The van der Waals surface area contributed by atoms with Crippen LogP contribution < -0.4 is 16.4 Å². The Balaban J connectivity index is 1.98. The van der Waals surface area contributed by atoms with Gasteiger partial charge in [-0.2, -0.15) is 0 Å². The second-order valence-electron chi connectivity index (χ2n) is 5.71. The Morgan fingerprint density at radius 1 is 1.04 bits per heavy atom. The predicted octanol–water partition coefficient (Wildman–Crippen LogP) is 3.77. The van der Waals surface area contributed by atoms with Gasteiger partial charge in [-0.05, 0) is 55.8 Å². The Hall–Kier alpha value is -2.08. The number of amides is 2. The number of carbonyl (C=O) groups excluding carboxylic acids is 2. The summed E-state index contributed by atoms with van der Waals surface area (Å²) in [6, 6.07) is 11.0. The summed E-state index contributed by atoms with van der Waals surface area (Å²) < 4.78 is 0. The van der Waals surface area contributed by atoms with Gasteiger partial charge in [-0.15, -0.1) is 0 Å². The van der Waals surface area contributed by atoms with Crippen LogP contribution in [0.2, 0.25) is 10.0 Å². The van der Waals surface area contributed by atoms with E-state index in [-0.39, 0.29) is 11.9 Å². The molecule has 0 bridgehead atoms. The summed E-state index contributed by atoms with van der Waals surface area (Å²) in [4.78, 5) is 23.4. The number of hydrogen-bond acceptors (Lipinski definition) is 3. The van der Waals surface area contributed by atoms with Crippen molar-refractivity contribution in [2.75, 3.05) is 5.32 Å². The average molecular weight is 380 g/mol. The van der Waals surface area contributed by atoms with Gasteiger partial charge in [0.2, 0.25) is 11.8 Å². The number of carbonyl (C=O) groups is 2. The van der Waals surface area contributed by atoms with Gasteiger partial charge >= 0.3 is 0 Å². The minimum absolute atomic E-state index is 0.136. The molecule has 4 N–H and O–H groups in total. The highest BCUT2D eigenvalue weighted by Gasteiger charge is 2.18. The summed E-state index contributed by atoms with van der Waals surface area (Å²) in [5.74, 6) is -0.717. The van der Waals surface area contributed by atoms with E-state index in [4.69, 9.17) is 28.9 Å². The molecular weight excluding hydrogens is 361 g/mol. The zero-order valence-corrected chi connectivity index (χ0v) is 15.4. The van der Waals surface area contributed by atoms with Crippen LogP contribution in [0.4, 0.5) is 5.69 Å². The second kappa shape index (κ2) is 8.34. The molecule has 0 aromatic heterocycles. The third kappa shape index (κ3) is 5.19. The summed E-state index contributed by atoms with van der Waals surface area (Å²) >= 11 is 12.1. The van der Waals surface area contributed by atoms with E-state index in [0.29, 0.717) is 21.3 Å². The largest absolute Gasteiger partial charge is 0.366 e. The lowest BCUT2D eigenvalue weighted by Gasteiger charge is -2.21. The smallest absolute Gasteiger partial charge is 0.248 e. The predicted molar refractivity (Wildman–Crippen MR) is 101 cm³/mol. The molecule has 25 heavy (non-hydrogen) atoms. The molecule has 0 heterocycles. The molecular formula is C18H19Cl2N3O2. The van der Waals surface area contributed by atoms with Crippen LogP contribution >= 0.6 is 23.2 Å². The van der Waals surface area contributed by atoms with Gasteiger partial charge in [-0.3, -0.25) is 14.9 Å². The number of anilines is 1. The van der Waals surface area contributed by atoms with E-state index in [1.165, 1.54) is 0 Å². The maximum absolute atomic E-state index is 12.3. The summed E-state index contributed by atoms with van der Waals surface area (Å²) in [5, 5.41) is 7.08. The van der Waals surface area contributed by atoms with Crippen molar-refractivity contribution in [3.05, 3.63) is 63.6 Å². The maximum atomic E-state index is 12.3. The number of halogens is 2. The third-order valence-electron chi connectivity index (χ3n) is 3.76. The van der Waals surface area contributed by atoms with Gasteiger partial charge < -0.3 is 11.1 Å². The molecule has 5 nitrogen and oxygen atoms in total. The van der Waals surface area contributed by atoms with Crippen molar-refractivity contribution in [3.63, 3.8) is 0 Å². The molecule has 2 rings (SSSR count). The minimum Gasteiger partial charge on any atom is -0.366 e. The van der Waals surface area contributed by atoms with Crippen LogP contribution in [0, 0.1) is 0 Å². The van der Waals surface area contributed by atoms with Crippen molar-refractivity contribution in [1.82, 2.24) is 5.32 Å². The van der Waals surface area contributed by atoms with Crippen LogP contribution in [0.3, 0.4) is 0 Å². The van der Waals surface area contributed by atoms with E-state index in [1.54, 1.807) is 43.3 Å². The summed E-state index contributed by atoms with van der Waals surface area (Å²) in [5.41, 5.74) is 7.02. The highest BCUT2D eigenvalue weighted by atomic mass is 35.5. The first-order chi connectivity index (χ1) is 11.8. The molecule has 0 unspecified atom stereocenters. The molecule has 0 fully saturated rings. The van der Waals surface area contributed by atoms with E-state index in [1.807, 2.05) is 13.0 Å². The molecule has 2 aromatic rings. The van der Waals surface area contributed by atoms with E-state index in [2.05, 4.69) is 10.6 Å². The van der Waals surface area contributed by atoms with Gasteiger partial charge in [-0.25, -0.2) is 0 Å². The molecule has 2 atom stereocenters. The Morgan fingerprint density at radius 3 is 2.24 bits per heavy atom. The highest BCUT2D eigenvalue weighted by Crippen LogP contribution is 2.26. The molecule has 132 valence electrons. The van der Waals surface area contributed by atoms with E-state index < -0.39 is 11.9 Å². The van der Waals surface area contributed by atoms with Gasteiger partial charge in [0.15, 0.2) is 0 Å². The van der Waals surface area contributed by atoms with E-state index in [9.17, 15) is 9.59 Å². The van der Waals surface area contributed by atoms with Crippen LogP contribution in [0.1, 0.15) is 35.8 Å². The molecule has 7 heteroatoms. The first kappa shape index (κ1) is 19.2. The number of nitrogens with two attached hydrogens (primary N) is 1. The highest BCUT2D eigenvalue weighted by molar-refractivity contribution is 6.35. The van der Waals surface area contributed by atoms with Gasteiger partial charge in [0.05, 0.1) is 6.04 Å². The molecule has 0 aliphatic rings. The average Bonchev–Trinajstić information content (AvgIpc) is 2.55. The van der Waals surface area contributed by atoms with Crippen molar-refractivity contribution in [3.8, 4) is 0 Å². The lowest BCUT2D eigenvalue weighted by atomic mass is 10.1. The molecule has 0 saturated heterocycles. The molecule has 0 saturated carbocycles. The van der Waals surface area contributed by atoms with Gasteiger partial charge in [-0.1, -0.05) is 29.3 Å². The molecule has 0 spiro atoms. The molecule has 0 aliphatic heterocycles. The first-order valence-electron chi connectivity index (χ1n) is 7.69. The van der Waals surface area contributed by atoms with Gasteiger partial charge in [0.25, 0.3) is 0 Å². The zero-order chi connectivity index (χ0) is 18.6. The van der Waals surface area contributed by atoms with Crippen molar-refractivity contribution < 1.29 is 9.59 Å². The van der Waals surface area contributed by atoms with Crippen molar-refractivity contribution in [2.45, 2.75) is 25.9 Å². The molecule has 0 aliphatic carbocycles. The number of primary amides is 1. The molecule has 2 aromatic carbocycles. The Bertz CT molecular complexity index is 778. The van der Waals surface area contributed by atoms with Crippen LogP contribution in [0.25, 0.3) is 0 Å². The van der Waals surface area contributed by atoms with Crippen molar-refractivity contribution >= 4 is 40.7 Å². The Kier molecular flexibility index (Phi) is 6.42. The fourth-order valence-electron chi connectivity index (χ4n) is 2.36. The SMILES string of the molecule is C[C@H](N[C@H](C)C(=O)Nc1ccc(C(N)=O)cc1)c1ccc(Cl)cc1Cl. The standard InChI is InChI=1S/C18H19Cl2N3O2/c1-10(15-8-5-13(19)9-16(15)20)22-11(2)18(25)23-14-6-3-12(4-7-14)17(21)24/h3-11,22H,1-2H3,(H2,21,24)(H,23,25)/t10-,11+/m0/s1. The topological polar surface area (TPSA) is 84.2 Å². The Labute approximate surface area is 156 Å². The van der Waals surface area contributed by atoms with E-state index in [0.717, 1.165) is 5.56 Å². The minimum atomic E-state index is -0.512. The van der Waals surface area contributed by atoms with E-state index >= 15 is 0 Å². The number of nitrogens with one attached hydrogen (secondary N) is 2. The monoisotopic (exact) mass is 379 g/mol. The molecule has 2 amide bonds. The summed E-state index contributed by atoms with van der Waals surface area (Å²) in [7, 11) is 0. The van der Waals surface area contributed by atoms with Crippen molar-refractivity contribution in [2.24, 2.45) is 5.73 Å². The zero-order valence-electron chi connectivity index (χ0n) is 13.8. The normalized spacial score (nSPS) is 13.1. The van der Waals surface area contributed by atoms with Gasteiger partial charge in [0.1, 0.15) is 0 Å². The van der Waals surface area contributed by atoms with Crippen molar-refractivity contribution in [1.29, 1.82) is 0 Å². The maximum Gasteiger partial charge on any atom is 0.248 e. The second-order valence-corrected chi connectivity index (χ2v) is 6.55. The Morgan fingerprint density at radius 2 is 1.68 bits per heavy atom. The van der Waals surface area contributed by atoms with Crippen LogP contribution in [0.15, 0.2) is 42.5 Å². The fourth-order valence-corrected chi connectivity index (χ4v) is 2.93. The van der Waals surface area contributed by atoms with Crippen LogP contribution in [-0.2, 0) is 4.79 Å². The third-order valence-corrected chi connectivity index (χ3v) is 4.32. The fraction of sp³-hybridized carbons (Fsp3) is 0.222. The van der Waals surface area contributed by atoms with Crippen LogP contribution in [-0.4, -0.2) is 17.9 Å². The lowest BCUT2D eigenvalue weighted by Crippen LogP contribution is -2.39. The number of benzene rings is 2. The van der Waals surface area contributed by atoms with Crippen LogP contribution in [0.5, 0.6) is 0 Å². The summed E-state index contributed by atoms with van der Waals surface area (Å²) in [6.07, 6.45) is 0. The number of hydrogen-bond donors (Lipinski definition) is 3. The lowest BCUT2D eigenvalue weighted by molar-refractivity contribution is -0.117. The summed E-state index contributed by atoms with van der Waals surface area (Å²) in [6.45, 7) is 3.67. The van der Waals surface area contributed by atoms with Gasteiger partial charge in [0, 0.05) is 27.3 Å². The quantitative estimate of drug-likeness (QED) is 0.713. The first-order valence-corrected chi connectivity index (χ1v) is 8.45.